The molecule has 0 bridgehead atoms. The van der Waals surface area contributed by atoms with Gasteiger partial charge in [-0.1, -0.05) is 84.2 Å². The highest BCUT2D eigenvalue weighted by Crippen LogP contribution is 2.34. The molecule has 0 aliphatic carbocycles. The number of carbonyl (C=O) groups excluding carboxylic acids is 2. The number of thioether (sulfide) groups is 2. The Morgan fingerprint density at radius 3 is 2.56 bits per heavy atom. The second kappa shape index (κ2) is 10.5. The molecular weight excluding hydrogens is 438 g/mol. The van der Waals surface area contributed by atoms with E-state index in [2.05, 4.69) is 21.7 Å². The van der Waals surface area contributed by atoms with Crippen molar-refractivity contribution >= 4 is 51.1 Å². The molecule has 162 valence electrons. The number of aliphatic imine (C=N–C) groups is 1. The third-order valence-corrected chi connectivity index (χ3v) is 7.22. The van der Waals surface area contributed by atoms with E-state index in [1.54, 1.807) is 36.0 Å². The van der Waals surface area contributed by atoms with E-state index in [1.165, 1.54) is 17.3 Å². The van der Waals surface area contributed by atoms with Crippen molar-refractivity contribution in [1.29, 1.82) is 0 Å². The Morgan fingerprint density at radius 2 is 1.72 bits per heavy atom. The van der Waals surface area contributed by atoms with Crippen LogP contribution in [0.1, 0.15) is 34.5 Å². The lowest BCUT2D eigenvalue weighted by Gasteiger charge is -2.17. The fourth-order valence-corrected chi connectivity index (χ4v) is 5.15. The van der Waals surface area contributed by atoms with Crippen LogP contribution in [0.5, 0.6) is 0 Å². The second-order valence-corrected chi connectivity index (χ2v) is 9.47. The summed E-state index contributed by atoms with van der Waals surface area (Å²) in [5.74, 6) is 0.679. The molecule has 0 saturated heterocycles. The van der Waals surface area contributed by atoms with E-state index in [-0.39, 0.29) is 23.6 Å². The first kappa shape index (κ1) is 22.2. The average molecular weight is 462 g/mol. The molecule has 1 aliphatic heterocycles. The molecule has 0 fully saturated rings. The molecule has 0 aromatic heterocycles. The summed E-state index contributed by atoms with van der Waals surface area (Å²) in [4.78, 5) is 30.1. The van der Waals surface area contributed by atoms with Gasteiger partial charge in [0.1, 0.15) is 4.38 Å². The van der Waals surface area contributed by atoms with Gasteiger partial charge in [0.25, 0.3) is 5.91 Å². The summed E-state index contributed by atoms with van der Waals surface area (Å²) in [6, 6.07) is 24.7. The number of rotatable bonds is 6. The number of hydrogen-bond donors (Lipinski definition) is 2. The first-order valence-corrected chi connectivity index (χ1v) is 12.2. The Balaban J connectivity index is 1.37. The number of amides is 2. The monoisotopic (exact) mass is 461 g/mol. The topological polar surface area (TPSA) is 70.6 Å². The molecule has 2 N–H and O–H groups in total. The summed E-state index contributed by atoms with van der Waals surface area (Å²) in [6.07, 6.45) is 0. The number of nitrogens with zero attached hydrogens (tertiary/aromatic N) is 1. The molecule has 1 unspecified atom stereocenters. The van der Waals surface area contributed by atoms with Crippen molar-refractivity contribution in [2.75, 3.05) is 11.1 Å². The maximum Gasteiger partial charge on any atom is 0.253 e. The largest absolute Gasteiger partial charge is 0.345 e. The summed E-state index contributed by atoms with van der Waals surface area (Å²) in [7, 11) is 0. The summed E-state index contributed by atoms with van der Waals surface area (Å²) >= 11 is 3.05. The summed E-state index contributed by atoms with van der Waals surface area (Å²) in [6.45, 7) is 1.94. The molecule has 32 heavy (non-hydrogen) atoms. The number of anilines is 1. The van der Waals surface area contributed by atoms with Crippen molar-refractivity contribution in [3.05, 3.63) is 95.6 Å². The van der Waals surface area contributed by atoms with E-state index >= 15 is 0 Å². The summed E-state index contributed by atoms with van der Waals surface area (Å²) < 4.78 is 0.876. The van der Waals surface area contributed by atoms with Gasteiger partial charge in [0.05, 0.1) is 28.7 Å². The average Bonchev–Trinajstić information content (AvgIpc) is 2.83. The molecule has 1 aliphatic rings. The van der Waals surface area contributed by atoms with Crippen molar-refractivity contribution in [3.8, 4) is 0 Å². The highest BCUT2D eigenvalue weighted by atomic mass is 32.2. The highest BCUT2D eigenvalue weighted by Gasteiger charge is 2.17. The van der Waals surface area contributed by atoms with Gasteiger partial charge in [-0.05, 0) is 36.2 Å². The Kier molecular flexibility index (Phi) is 7.29. The molecule has 0 spiro atoms. The molecule has 1 atom stereocenters. The van der Waals surface area contributed by atoms with E-state index < -0.39 is 0 Å². The Labute approximate surface area is 196 Å². The Bertz CT molecular complexity index is 1150. The lowest BCUT2D eigenvalue weighted by molar-refractivity contribution is -0.113. The predicted molar refractivity (Wildman–Crippen MR) is 135 cm³/mol. The highest BCUT2D eigenvalue weighted by molar-refractivity contribution is 8.38. The van der Waals surface area contributed by atoms with E-state index in [9.17, 15) is 9.59 Å². The van der Waals surface area contributed by atoms with Crippen molar-refractivity contribution < 1.29 is 9.59 Å². The number of nitrogens with one attached hydrogen (secondary N) is 2. The molecule has 2 amide bonds. The molecular formula is C25H23N3O2S2. The minimum atomic E-state index is -0.228. The van der Waals surface area contributed by atoms with Crippen LogP contribution in [0.3, 0.4) is 0 Å². The molecule has 4 rings (SSSR count). The number of para-hydroxylation sites is 2. The van der Waals surface area contributed by atoms with Crippen LogP contribution in [-0.4, -0.2) is 21.9 Å². The number of carbonyl (C=O) groups is 2. The smallest absolute Gasteiger partial charge is 0.253 e. The summed E-state index contributed by atoms with van der Waals surface area (Å²) in [5.41, 5.74) is 4.12. The normalized spacial score (nSPS) is 13.5. The van der Waals surface area contributed by atoms with Gasteiger partial charge in [0.2, 0.25) is 5.91 Å². The SMILES string of the molecule is CC(NC(=O)c1ccccc1NC(=O)CSC1=Nc2ccccc2CS1)c1ccccc1. The van der Waals surface area contributed by atoms with Crippen LogP contribution in [0.15, 0.2) is 83.9 Å². The summed E-state index contributed by atoms with van der Waals surface area (Å²) in [5, 5.41) is 5.88. The minimum absolute atomic E-state index is 0.146. The lowest BCUT2D eigenvalue weighted by Crippen LogP contribution is -2.28. The predicted octanol–water partition coefficient (Wildman–Crippen LogP) is 5.78. The van der Waals surface area contributed by atoms with Gasteiger partial charge < -0.3 is 10.6 Å². The standard InChI is InChI=1S/C25H23N3O2S2/c1-17(18-9-3-2-4-10-18)26-24(30)20-12-6-8-14-22(20)27-23(29)16-32-25-28-21-13-7-5-11-19(21)15-31-25/h2-14,17H,15-16H2,1H3,(H,26,30)(H,27,29). The van der Waals surface area contributed by atoms with Crippen molar-refractivity contribution in [2.45, 2.75) is 18.7 Å². The van der Waals surface area contributed by atoms with Crippen LogP contribution in [0.4, 0.5) is 11.4 Å². The maximum absolute atomic E-state index is 12.9. The molecule has 1 heterocycles. The van der Waals surface area contributed by atoms with Gasteiger partial charge in [-0.3, -0.25) is 9.59 Å². The van der Waals surface area contributed by atoms with Crippen molar-refractivity contribution in [2.24, 2.45) is 4.99 Å². The van der Waals surface area contributed by atoms with Crippen LogP contribution in [0, 0.1) is 0 Å². The first-order valence-electron chi connectivity index (χ1n) is 10.3. The van der Waals surface area contributed by atoms with Crippen LogP contribution in [0.25, 0.3) is 0 Å². The van der Waals surface area contributed by atoms with E-state index in [4.69, 9.17) is 0 Å². The minimum Gasteiger partial charge on any atom is -0.345 e. The second-order valence-electron chi connectivity index (χ2n) is 7.28. The Hall–Kier alpha value is -3.03. The first-order chi connectivity index (χ1) is 15.6. The zero-order valence-corrected chi connectivity index (χ0v) is 19.2. The van der Waals surface area contributed by atoms with Gasteiger partial charge in [-0.15, -0.1) is 0 Å². The number of fused-ring (bicyclic) bond motifs is 1. The van der Waals surface area contributed by atoms with Gasteiger partial charge in [0, 0.05) is 5.75 Å². The quantitative estimate of drug-likeness (QED) is 0.488. The van der Waals surface area contributed by atoms with Gasteiger partial charge >= 0.3 is 0 Å². The molecule has 5 nitrogen and oxygen atoms in total. The van der Waals surface area contributed by atoms with Crippen molar-refractivity contribution in [3.63, 3.8) is 0 Å². The lowest BCUT2D eigenvalue weighted by atomic mass is 10.1. The number of hydrogen-bond acceptors (Lipinski definition) is 5. The van der Waals surface area contributed by atoms with Crippen molar-refractivity contribution in [1.82, 2.24) is 5.32 Å². The number of benzene rings is 3. The molecule has 3 aromatic rings. The molecule has 7 heteroatoms. The molecule has 0 saturated carbocycles. The van der Waals surface area contributed by atoms with Crippen LogP contribution in [-0.2, 0) is 10.5 Å². The third kappa shape index (κ3) is 5.60. The maximum atomic E-state index is 12.9. The fourth-order valence-electron chi connectivity index (χ4n) is 3.29. The zero-order valence-electron chi connectivity index (χ0n) is 17.6. The molecule has 0 radical (unpaired) electrons. The van der Waals surface area contributed by atoms with Gasteiger partial charge in [-0.2, -0.15) is 0 Å². The van der Waals surface area contributed by atoms with E-state index in [1.807, 2.05) is 55.5 Å². The van der Waals surface area contributed by atoms with Crippen LogP contribution >= 0.6 is 23.5 Å². The van der Waals surface area contributed by atoms with Crippen LogP contribution < -0.4 is 10.6 Å². The molecule has 3 aromatic carbocycles. The zero-order chi connectivity index (χ0) is 22.3. The fraction of sp³-hybridized carbons (Fsp3) is 0.160. The van der Waals surface area contributed by atoms with Gasteiger partial charge in [0.15, 0.2) is 0 Å². The van der Waals surface area contributed by atoms with Crippen LogP contribution in [0.2, 0.25) is 0 Å². The van der Waals surface area contributed by atoms with E-state index in [0.29, 0.717) is 11.3 Å². The van der Waals surface area contributed by atoms with E-state index in [0.717, 1.165) is 21.4 Å². The third-order valence-electron chi connectivity index (χ3n) is 4.97. The Morgan fingerprint density at radius 1 is 1.00 bits per heavy atom. The van der Waals surface area contributed by atoms with Gasteiger partial charge in [-0.25, -0.2) is 4.99 Å².